The normalized spacial score (nSPS) is 15.1. The third-order valence-corrected chi connectivity index (χ3v) is 8.78. The van der Waals surface area contributed by atoms with E-state index in [0.717, 1.165) is 5.56 Å². The number of carbonyl (C=O) groups is 2. The molecule has 0 unspecified atom stereocenters. The lowest BCUT2D eigenvalue weighted by Gasteiger charge is -2.32. The largest absolute Gasteiger partial charge is 0.454 e. The molecule has 0 radical (unpaired) electrons. The lowest BCUT2D eigenvalue weighted by Crippen LogP contribution is -2.56. The van der Waals surface area contributed by atoms with Crippen LogP contribution in [0.15, 0.2) is 53.4 Å². The fourth-order valence-corrected chi connectivity index (χ4v) is 6.26. The number of sulfonamides is 1. The van der Waals surface area contributed by atoms with E-state index in [1.807, 2.05) is 44.2 Å². The quantitative estimate of drug-likeness (QED) is 0.264. The number of aliphatic hydroxyl groups excluding tert-OH is 1. The van der Waals surface area contributed by atoms with Crippen LogP contribution in [0.2, 0.25) is 0 Å². The molecule has 0 saturated carbocycles. The lowest BCUT2D eigenvalue weighted by molar-refractivity contribution is -0.130. The highest BCUT2D eigenvalue weighted by Gasteiger charge is 2.34. The van der Waals surface area contributed by atoms with E-state index in [0.29, 0.717) is 24.3 Å². The molecule has 1 aliphatic rings. The predicted octanol–water partition coefficient (Wildman–Crippen LogP) is 2.92. The highest BCUT2D eigenvalue weighted by Crippen LogP contribution is 2.35. The van der Waals surface area contributed by atoms with Crippen LogP contribution in [0.1, 0.15) is 39.7 Å². The number of halogens is 1. The third kappa shape index (κ3) is 9.06. The molecule has 0 fully saturated rings. The molecule has 10 nitrogen and oxygen atoms in total. The Kier molecular flexibility index (Phi) is 11.8. The number of hydrogen-bond acceptors (Lipinski definition) is 7. The zero-order valence-electron chi connectivity index (χ0n) is 23.9. The first-order valence-electron chi connectivity index (χ1n) is 13.7. The van der Waals surface area contributed by atoms with Gasteiger partial charge in [0.25, 0.3) is 0 Å². The topological polar surface area (TPSA) is 134 Å². The highest BCUT2D eigenvalue weighted by molar-refractivity contribution is 7.89. The number of aliphatic hydroxyl groups is 1. The second-order valence-electron chi connectivity index (χ2n) is 10.9. The molecular formula is C29H40ClN3O7S. The first-order valence-corrected chi connectivity index (χ1v) is 15.7. The van der Waals surface area contributed by atoms with Crippen LogP contribution in [0.5, 0.6) is 11.5 Å². The van der Waals surface area contributed by atoms with Crippen molar-refractivity contribution in [2.75, 3.05) is 25.8 Å². The lowest BCUT2D eigenvalue weighted by atomic mass is 9.98. The van der Waals surface area contributed by atoms with E-state index in [9.17, 15) is 23.1 Å². The van der Waals surface area contributed by atoms with Crippen molar-refractivity contribution in [2.24, 2.45) is 11.8 Å². The summed E-state index contributed by atoms with van der Waals surface area (Å²) < 4.78 is 39.4. The van der Waals surface area contributed by atoms with Gasteiger partial charge in [0.1, 0.15) is 11.9 Å². The molecule has 0 aromatic heterocycles. The first kappa shape index (κ1) is 32.7. The monoisotopic (exact) mass is 609 g/mol. The number of alkyl halides is 1. The minimum Gasteiger partial charge on any atom is -0.454 e. The number of amides is 2. The van der Waals surface area contributed by atoms with Crippen molar-refractivity contribution in [3.63, 3.8) is 0 Å². The van der Waals surface area contributed by atoms with E-state index < -0.39 is 40.0 Å². The van der Waals surface area contributed by atoms with E-state index in [1.54, 1.807) is 19.9 Å². The average molecular weight is 610 g/mol. The van der Waals surface area contributed by atoms with Gasteiger partial charge in [-0.1, -0.05) is 58.0 Å². The van der Waals surface area contributed by atoms with Crippen molar-refractivity contribution in [2.45, 2.75) is 63.6 Å². The van der Waals surface area contributed by atoms with Gasteiger partial charge in [0, 0.05) is 19.2 Å². The van der Waals surface area contributed by atoms with Crippen molar-refractivity contribution in [3.8, 4) is 11.5 Å². The molecule has 3 rings (SSSR count). The number of benzene rings is 2. The minimum atomic E-state index is -4.04. The fraction of sp³-hybridized carbons (Fsp3) is 0.517. The Hall–Kier alpha value is -2.86. The molecule has 0 bridgehead atoms. The first-order chi connectivity index (χ1) is 19.4. The summed E-state index contributed by atoms with van der Waals surface area (Å²) in [6, 6.07) is 12.3. The predicted molar refractivity (Wildman–Crippen MR) is 156 cm³/mol. The van der Waals surface area contributed by atoms with E-state index >= 15 is 0 Å². The maximum absolute atomic E-state index is 13.8. The van der Waals surface area contributed by atoms with Gasteiger partial charge in [-0.3, -0.25) is 9.59 Å². The van der Waals surface area contributed by atoms with Crippen LogP contribution in [0.4, 0.5) is 0 Å². The van der Waals surface area contributed by atoms with Gasteiger partial charge in [0.05, 0.1) is 17.0 Å². The van der Waals surface area contributed by atoms with Crippen molar-refractivity contribution in [1.29, 1.82) is 0 Å². The molecule has 2 aromatic rings. The SMILES string of the molecule is CC(C)CN(C[C@@H](O)[C@H](CCc1ccccc1)NC(=O)[C@@H](NC(=O)CCl)C(C)C)S(=O)(=O)c1ccc2c(c1)OCO2. The average Bonchev–Trinajstić information content (AvgIpc) is 3.41. The number of hydrogen-bond donors (Lipinski definition) is 3. The van der Waals surface area contributed by atoms with E-state index in [2.05, 4.69) is 10.6 Å². The van der Waals surface area contributed by atoms with Gasteiger partial charge < -0.3 is 25.2 Å². The van der Waals surface area contributed by atoms with Gasteiger partial charge in [0.15, 0.2) is 11.5 Å². The number of nitrogens with one attached hydrogen (secondary N) is 2. The number of nitrogens with zero attached hydrogens (tertiary/aromatic N) is 1. The second kappa shape index (κ2) is 14.9. The molecule has 0 aliphatic carbocycles. The summed E-state index contributed by atoms with van der Waals surface area (Å²) in [5.74, 6) is -0.757. The van der Waals surface area contributed by atoms with E-state index in [4.69, 9.17) is 21.1 Å². The van der Waals surface area contributed by atoms with Gasteiger partial charge >= 0.3 is 0 Å². The van der Waals surface area contributed by atoms with Crippen molar-refractivity contribution < 1.29 is 32.6 Å². The fourth-order valence-electron chi connectivity index (χ4n) is 4.55. The Morgan fingerprint density at radius 1 is 1.00 bits per heavy atom. The number of carbonyl (C=O) groups excluding carboxylic acids is 2. The summed E-state index contributed by atoms with van der Waals surface area (Å²) in [5.41, 5.74) is 1.00. The Morgan fingerprint density at radius 2 is 1.68 bits per heavy atom. The number of fused-ring (bicyclic) bond motifs is 1. The van der Waals surface area contributed by atoms with Gasteiger partial charge in [0.2, 0.25) is 28.6 Å². The second-order valence-corrected chi connectivity index (χ2v) is 13.1. The van der Waals surface area contributed by atoms with Gasteiger partial charge in [-0.25, -0.2) is 8.42 Å². The Morgan fingerprint density at radius 3 is 2.32 bits per heavy atom. The molecule has 0 spiro atoms. The van der Waals surface area contributed by atoms with Gasteiger partial charge in [-0.05, 0) is 42.4 Å². The summed E-state index contributed by atoms with van der Waals surface area (Å²) in [5, 5.41) is 17.0. The van der Waals surface area contributed by atoms with Gasteiger partial charge in [-0.15, -0.1) is 11.6 Å². The summed E-state index contributed by atoms with van der Waals surface area (Å²) in [6.45, 7) is 7.25. The molecule has 0 saturated heterocycles. The molecule has 41 heavy (non-hydrogen) atoms. The third-order valence-electron chi connectivity index (χ3n) is 6.71. The molecular weight excluding hydrogens is 570 g/mol. The van der Waals surface area contributed by atoms with Crippen molar-refractivity contribution >= 4 is 33.4 Å². The standard InChI is InChI=1S/C29H40ClN3O7S/c1-19(2)16-33(41(37,38)22-11-13-25-26(14-22)40-18-39-25)17-24(34)23(12-10-21-8-6-5-7-9-21)31-29(36)28(20(3)4)32-27(35)15-30/h5-9,11,13-14,19-20,23-24,28,34H,10,12,15-18H2,1-4H3,(H,31,36)(H,32,35)/t23-,24+,28-/m0/s1. The van der Waals surface area contributed by atoms with Crippen LogP contribution in [-0.2, 0) is 26.0 Å². The summed E-state index contributed by atoms with van der Waals surface area (Å²) in [4.78, 5) is 25.3. The summed E-state index contributed by atoms with van der Waals surface area (Å²) >= 11 is 5.64. The van der Waals surface area contributed by atoms with Crippen molar-refractivity contribution in [3.05, 3.63) is 54.1 Å². The van der Waals surface area contributed by atoms with Crippen LogP contribution < -0.4 is 20.1 Å². The maximum atomic E-state index is 13.8. The maximum Gasteiger partial charge on any atom is 0.243 e. The van der Waals surface area contributed by atoms with E-state index in [-0.39, 0.29) is 42.5 Å². The Balaban J connectivity index is 1.86. The number of ether oxygens (including phenoxy) is 2. The smallest absolute Gasteiger partial charge is 0.243 e. The van der Waals surface area contributed by atoms with Crippen LogP contribution in [0.3, 0.4) is 0 Å². The van der Waals surface area contributed by atoms with Gasteiger partial charge in [-0.2, -0.15) is 4.31 Å². The molecule has 3 atom stereocenters. The molecule has 2 amide bonds. The Labute approximate surface area is 247 Å². The summed E-state index contributed by atoms with van der Waals surface area (Å²) in [7, 11) is -4.04. The Bertz CT molecular complexity index is 1270. The molecule has 2 aromatic carbocycles. The zero-order valence-corrected chi connectivity index (χ0v) is 25.5. The molecule has 12 heteroatoms. The number of aryl methyl sites for hydroxylation is 1. The molecule has 1 heterocycles. The van der Waals surface area contributed by atoms with Crippen LogP contribution >= 0.6 is 11.6 Å². The van der Waals surface area contributed by atoms with E-state index in [1.165, 1.54) is 16.4 Å². The molecule has 3 N–H and O–H groups in total. The molecule has 226 valence electrons. The molecule has 1 aliphatic heterocycles. The number of rotatable bonds is 15. The van der Waals surface area contributed by atoms with Crippen LogP contribution in [0.25, 0.3) is 0 Å². The summed E-state index contributed by atoms with van der Waals surface area (Å²) in [6.07, 6.45) is -0.380. The zero-order chi connectivity index (χ0) is 30.2. The highest BCUT2D eigenvalue weighted by atomic mass is 35.5. The van der Waals surface area contributed by atoms with Crippen LogP contribution in [-0.4, -0.2) is 73.6 Å². The van der Waals surface area contributed by atoms with Crippen molar-refractivity contribution in [1.82, 2.24) is 14.9 Å². The van der Waals surface area contributed by atoms with Crippen LogP contribution in [0, 0.1) is 11.8 Å². The minimum absolute atomic E-state index is 0.0127.